The van der Waals surface area contributed by atoms with Crippen molar-refractivity contribution < 1.29 is 9.84 Å². The van der Waals surface area contributed by atoms with E-state index in [1.807, 2.05) is 37.5 Å². The number of pyridine rings is 1. The van der Waals surface area contributed by atoms with Crippen molar-refractivity contribution in [1.82, 2.24) is 14.7 Å². The Hall–Kier alpha value is -1.43. The average Bonchev–Trinajstić information content (AvgIpc) is 2.93. The topological polar surface area (TPSA) is 58.8 Å². The summed E-state index contributed by atoms with van der Waals surface area (Å²) in [4.78, 5) is 4.41. The Balaban J connectivity index is 1.75. The lowest BCUT2D eigenvalue weighted by Crippen LogP contribution is -2.73. The summed E-state index contributed by atoms with van der Waals surface area (Å²) in [5.41, 5.74) is 1.64. The van der Waals surface area contributed by atoms with E-state index < -0.39 is 0 Å². The van der Waals surface area contributed by atoms with E-state index in [2.05, 4.69) is 28.5 Å². The zero-order valence-corrected chi connectivity index (χ0v) is 13.5. The molecule has 0 unspecified atom stereocenters. The average molecular weight is 303 g/mol. The molecule has 120 valence electrons. The fraction of sp³-hybridized carbons (Fsp3) is 0.588. The van der Waals surface area contributed by atoms with Crippen LogP contribution in [-0.2, 0) is 11.3 Å². The molecule has 3 rings (SSSR count). The maximum atomic E-state index is 9.96. The van der Waals surface area contributed by atoms with E-state index in [9.17, 15) is 5.11 Å². The maximum Gasteiger partial charge on any atom is 0.136 e. The van der Waals surface area contributed by atoms with Crippen molar-refractivity contribution >= 4 is 5.65 Å². The van der Waals surface area contributed by atoms with Crippen LogP contribution in [0.2, 0.25) is 0 Å². The summed E-state index contributed by atoms with van der Waals surface area (Å²) in [6.07, 6.45) is 4.93. The van der Waals surface area contributed by atoms with Gasteiger partial charge >= 0.3 is 0 Å². The lowest BCUT2D eigenvalue weighted by Gasteiger charge is -2.60. The molecule has 1 aliphatic carbocycles. The minimum atomic E-state index is -0.300. The molecule has 0 saturated heterocycles. The highest BCUT2D eigenvalue weighted by Crippen LogP contribution is 2.51. The molecule has 1 saturated carbocycles. The van der Waals surface area contributed by atoms with Gasteiger partial charge in [-0.25, -0.2) is 4.98 Å². The summed E-state index contributed by atoms with van der Waals surface area (Å²) in [5.74, 6) is 0. The largest absolute Gasteiger partial charge is 0.394 e. The highest BCUT2D eigenvalue weighted by atomic mass is 16.5. The highest BCUT2D eigenvalue weighted by molar-refractivity contribution is 5.39. The number of hydrogen-bond acceptors (Lipinski definition) is 4. The first-order chi connectivity index (χ1) is 10.5. The summed E-state index contributed by atoms with van der Waals surface area (Å²) >= 11 is 0. The lowest BCUT2D eigenvalue weighted by molar-refractivity contribution is -0.177. The molecule has 5 heteroatoms. The number of aliphatic hydroxyl groups is 1. The van der Waals surface area contributed by atoms with E-state index in [-0.39, 0.29) is 23.7 Å². The van der Waals surface area contributed by atoms with Crippen LogP contribution in [0.3, 0.4) is 0 Å². The molecule has 1 fully saturated rings. The molecule has 0 aromatic carbocycles. The smallest absolute Gasteiger partial charge is 0.136 e. The summed E-state index contributed by atoms with van der Waals surface area (Å²) in [7, 11) is 0. The van der Waals surface area contributed by atoms with Crippen LogP contribution >= 0.6 is 0 Å². The zero-order valence-electron chi connectivity index (χ0n) is 13.5. The molecule has 2 atom stereocenters. The molecule has 2 aromatic heterocycles. The van der Waals surface area contributed by atoms with Crippen LogP contribution in [0, 0.1) is 5.41 Å². The molecule has 22 heavy (non-hydrogen) atoms. The number of fused-ring (bicyclic) bond motifs is 1. The molecule has 0 amide bonds. The van der Waals surface area contributed by atoms with Crippen LogP contribution in [0.5, 0.6) is 0 Å². The second-order valence-electron chi connectivity index (χ2n) is 6.64. The Morgan fingerprint density at radius 2 is 2.27 bits per heavy atom. The van der Waals surface area contributed by atoms with Gasteiger partial charge in [0.1, 0.15) is 5.65 Å². The van der Waals surface area contributed by atoms with Gasteiger partial charge in [-0.3, -0.25) is 0 Å². The van der Waals surface area contributed by atoms with Gasteiger partial charge in [0.2, 0.25) is 0 Å². The molecule has 0 bridgehead atoms. The molecular formula is C17H25N3O2. The van der Waals surface area contributed by atoms with Gasteiger partial charge in [-0.05, 0) is 25.5 Å². The Kier molecular flexibility index (Phi) is 3.97. The van der Waals surface area contributed by atoms with Crippen molar-refractivity contribution in [2.75, 3.05) is 13.2 Å². The Morgan fingerprint density at radius 3 is 2.95 bits per heavy atom. The summed E-state index contributed by atoms with van der Waals surface area (Å²) < 4.78 is 7.86. The highest BCUT2D eigenvalue weighted by Gasteiger charge is 2.60. The normalized spacial score (nSPS) is 27.0. The predicted octanol–water partition coefficient (Wildman–Crippen LogP) is 1.99. The fourth-order valence-electron chi connectivity index (χ4n) is 3.48. The SMILES string of the molecule is CCO[C@H]1C[C@@](CO)(NCc2cnc3ccccn23)C1(C)C. The van der Waals surface area contributed by atoms with Gasteiger partial charge in [-0.15, -0.1) is 0 Å². The number of imidazole rings is 1. The molecular weight excluding hydrogens is 278 g/mol. The van der Waals surface area contributed by atoms with Crippen LogP contribution in [0.15, 0.2) is 30.6 Å². The third-order valence-electron chi connectivity index (χ3n) is 5.31. The maximum absolute atomic E-state index is 9.96. The Bertz CT molecular complexity index is 652. The van der Waals surface area contributed by atoms with E-state index in [1.165, 1.54) is 0 Å². The number of aromatic nitrogens is 2. The second kappa shape index (κ2) is 5.65. The van der Waals surface area contributed by atoms with Gasteiger partial charge in [-0.2, -0.15) is 0 Å². The number of nitrogens with zero attached hydrogens (tertiary/aromatic N) is 2. The van der Waals surface area contributed by atoms with Crippen LogP contribution in [0.1, 0.15) is 32.9 Å². The Labute approximate surface area is 131 Å². The first-order valence-corrected chi connectivity index (χ1v) is 7.92. The fourth-order valence-corrected chi connectivity index (χ4v) is 3.48. The first-order valence-electron chi connectivity index (χ1n) is 7.92. The third kappa shape index (κ3) is 2.24. The number of hydrogen-bond donors (Lipinski definition) is 2. The first kappa shape index (κ1) is 15.5. The summed E-state index contributed by atoms with van der Waals surface area (Å²) in [6, 6.07) is 5.97. The molecule has 1 aliphatic rings. The van der Waals surface area contributed by atoms with E-state index >= 15 is 0 Å². The van der Waals surface area contributed by atoms with E-state index in [0.29, 0.717) is 13.2 Å². The molecule has 5 nitrogen and oxygen atoms in total. The molecule has 2 heterocycles. The van der Waals surface area contributed by atoms with Crippen molar-refractivity contribution in [3.63, 3.8) is 0 Å². The monoisotopic (exact) mass is 303 g/mol. The van der Waals surface area contributed by atoms with Crippen molar-refractivity contribution in [2.24, 2.45) is 5.41 Å². The molecule has 2 N–H and O–H groups in total. The van der Waals surface area contributed by atoms with Gasteiger partial charge in [0.05, 0.1) is 30.1 Å². The second-order valence-corrected chi connectivity index (χ2v) is 6.64. The number of ether oxygens (including phenoxy) is 1. The Morgan fingerprint density at radius 1 is 1.45 bits per heavy atom. The van der Waals surface area contributed by atoms with E-state index in [4.69, 9.17) is 4.74 Å². The van der Waals surface area contributed by atoms with Gasteiger partial charge in [0.25, 0.3) is 0 Å². The standard InChI is InChI=1S/C17H25N3O2/c1-4-22-14-9-17(12-21,16(14,2)3)19-11-13-10-18-15-7-5-6-8-20(13)15/h5-8,10,14,19,21H,4,9,11-12H2,1-3H3/t14-,17-/m0/s1. The number of rotatable bonds is 6. The molecule has 2 aromatic rings. The zero-order chi connectivity index (χ0) is 15.8. The quantitative estimate of drug-likeness (QED) is 0.857. The summed E-state index contributed by atoms with van der Waals surface area (Å²) in [6.45, 7) is 7.83. The molecule has 0 radical (unpaired) electrons. The van der Waals surface area contributed by atoms with Gasteiger partial charge in [-0.1, -0.05) is 19.9 Å². The van der Waals surface area contributed by atoms with Gasteiger partial charge in [0.15, 0.2) is 0 Å². The predicted molar refractivity (Wildman–Crippen MR) is 85.7 cm³/mol. The third-order valence-corrected chi connectivity index (χ3v) is 5.31. The minimum absolute atomic E-state index is 0.0990. The number of aliphatic hydroxyl groups excluding tert-OH is 1. The molecule has 0 spiro atoms. The van der Waals surface area contributed by atoms with E-state index in [1.54, 1.807) is 0 Å². The molecule has 0 aliphatic heterocycles. The van der Waals surface area contributed by atoms with E-state index in [0.717, 1.165) is 17.8 Å². The van der Waals surface area contributed by atoms with Crippen LogP contribution < -0.4 is 5.32 Å². The van der Waals surface area contributed by atoms with Crippen LogP contribution in [0.4, 0.5) is 0 Å². The minimum Gasteiger partial charge on any atom is -0.394 e. The van der Waals surface area contributed by atoms with Gasteiger partial charge in [0, 0.05) is 24.8 Å². The van der Waals surface area contributed by atoms with Crippen LogP contribution in [0.25, 0.3) is 5.65 Å². The van der Waals surface area contributed by atoms with Gasteiger partial charge < -0.3 is 19.6 Å². The van der Waals surface area contributed by atoms with Crippen molar-refractivity contribution in [1.29, 1.82) is 0 Å². The van der Waals surface area contributed by atoms with Crippen molar-refractivity contribution in [3.8, 4) is 0 Å². The van der Waals surface area contributed by atoms with Crippen molar-refractivity contribution in [3.05, 3.63) is 36.3 Å². The van der Waals surface area contributed by atoms with Crippen LogP contribution in [-0.4, -0.2) is 39.3 Å². The summed E-state index contributed by atoms with van der Waals surface area (Å²) in [5, 5.41) is 13.5. The lowest BCUT2D eigenvalue weighted by atomic mass is 9.54. The number of nitrogens with one attached hydrogen (secondary N) is 1. The van der Waals surface area contributed by atoms with Crippen molar-refractivity contribution in [2.45, 2.75) is 45.4 Å².